The van der Waals surface area contributed by atoms with Crippen LogP contribution in [0.2, 0.25) is 0 Å². The van der Waals surface area contributed by atoms with Gasteiger partial charge < -0.3 is 4.74 Å². The number of benzene rings is 3. The van der Waals surface area contributed by atoms with Gasteiger partial charge in [-0.3, -0.25) is 9.69 Å². The number of amides is 1. The summed E-state index contributed by atoms with van der Waals surface area (Å²) in [5.41, 5.74) is 3.64. The molecule has 0 radical (unpaired) electrons. The van der Waals surface area contributed by atoms with E-state index in [1.54, 1.807) is 12.0 Å². The highest BCUT2D eigenvalue weighted by molar-refractivity contribution is 8.19. The lowest BCUT2D eigenvalue weighted by Crippen LogP contribution is -2.28. The van der Waals surface area contributed by atoms with Crippen LogP contribution in [0.1, 0.15) is 11.1 Å². The van der Waals surface area contributed by atoms with Gasteiger partial charge in [0.1, 0.15) is 0 Å². The molecule has 1 heterocycles. The minimum Gasteiger partial charge on any atom is -0.380 e. The molecule has 0 unspecified atom stereocenters. The molecule has 0 bridgehead atoms. The van der Waals surface area contributed by atoms with Gasteiger partial charge in [0, 0.05) is 7.11 Å². The SMILES string of the molecule is COCc1cccc(/C=C2\S/C(=N\c3ccccc3)N(c3ccccc3)C2=O)c1. The summed E-state index contributed by atoms with van der Waals surface area (Å²) >= 11 is 1.39. The molecule has 3 aromatic carbocycles. The number of thioether (sulfide) groups is 1. The van der Waals surface area contributed by atoms with E-state index in [0.717, 1.165) is 22.5 Å². The summed E-state index contributed by atoms with van der Waals surface area (Å²) in [7, 11) is 1.67. The normalized spacial score (nSPS) is 16.7. The lowest BCUT2D eigenvalue weighted by Gasteiger charge is -2.15. The van der Waals surface area contributed by atoms with Crippen LogP contribution in [-0.4, -0.2) is 18.2 Å². The van der Waals surface area contributed by atoms with Crippen molar-refractivity contribution in [2.45, 2.75) is 6.61 Å². The first-order chi connectivity index (χ1) is 14.2. The Labute approximate surface area is 174 Å². The summed E-state index contributed by atoms with van der Waals surface area (Å²) in [5, 5.41) is 0.645. The second-order valence-corrected chi connectivity index (χ2v) is 7.50. The summed E-state index contributed by atoms with van der Waals surface area (Å²) < 4.78 is 5.21. The molecule has 0 N–H and O–H groups in total. The second kappa shape index (κ2) is 8.90. The van der Waals surface area contributed by atoms with Crippen molar-refractivity contribution in [2.24, 2.45) is 4.99 Å². The molecule has 1 aliphatic heterocycles. The predicted molar refractivity (Wildman–Crippen MR) is 120 cm³/mol. The fourth-order valence-electron chi connectivity index (χ4n) is 3.06. The molecule has 1 saturated heterocycles. The van der Waals surface area contributed by atoms with Gasteiger partial charge in [0.15, 0.2) is 5.17 Å². The lowest BCUT2D eigenvalue weighted by atomic mass is 10.1. The van der Waals surface area contributed by atoms with Gasteiger partial charge in [0.25, 0.3) is 5.91 Å². The number of para-hydroxylation sites is 2. The van der Waals surface area contributed by atoms with Crippen LogP contribution in [0, 0.1) is 0 Å². The van der Waals surface area contributed by atoms with Crippen molar-refractivity contribution in [1.82, 2.24) is 0 Å². The van der Waals surface area contributed by atoms with Crippen LogP contribution in [0.25, 0.3) is 6.08 Å². The topological polar surface area (TPSA) is 41.9 Å². The summed E-state index contributed by atoms with van der Waals surface area (Å²) in [5.74, 6) is -0.0759. The molecule has 1 amide bonds. The number of rotatable bonds is 5. The largest absolute Gasteiger partial charge is 0.380 e. The maximum Gasteiger partial charge on any atom is 0.271 e. The van der Waals surface area contributed by atoms with Gasteiger partial charge in [-0.2, -0.15) is 0 Å². The van der Waals surface area contributed by atoms with Crippen LogP contribution >= 0.6 is 11.8 Å². The van der Waals surface area contributed by atoms with Gasteiger partial charge in [-0.05, 0) is 59.3 Å². The van der Waals surface area contributed by atoms with E-state index in [0.29, 0.717) is 16.7 Å². The molecule has 0 saturated carbocycles. The number of anilines is 1. The van der Waals surface area contributed by atoms with Crippen LogP contribution < -0.4 is 4.90 Å². The number of carbonyl (C=O) groups is 1. The zero-order chi connectivity index (χ0) is 20.1. The number of aliphatic imine (C=N–C) groups is 1. The van der Waals surface area contributed by atoms with Crippen LogP contribution in [0.4, 0.5) is 11.4 Å². The van der Waals surface area contributed by atoms with E-state index >= 15 is 0 Å². The van der Waals surface area contributed by atoms with Gasteiger partial charge >= 0.3 is 0 Å². The number of methoxy groups -OCH3 is 1. The first kappa shape index (κ1) is 19.2. The fourth-order valence-corrected chi connectivity index (χ4v) is 4.06. The number of hydrogen-bond donors (Lipinski definition) is 0. The van der Waals surface area contributed by atoms with Gasteiger partial charge in [0.05, 0.1) is 22.9 Å². The highest BCUT2D eigenvalue weighted by atomic mass is 32.2. The quantitative estimate of drug-likeness (QED) is 0.520. The van der Waals surface area contributed by atoms with Crippen molar-refractivity contribution in [3.8, 4) is 0 Å². The Hall–Kier alpha value is -3.15. The Kier molecular flexibility index (Phi) is 5.89. The molecular formula is C24H20N2O2S. The maximum atomic E-state index is 13.3. The molecule has 4 nitrogen and oxygen atoms in total. The van der Waals surface area contributed by atoms with Crippen LogP contribution in [0.15, 0.2) is 94.8 Å². The molecule has 1 fully saturated rings. The van der Waals surface area contributed by atoms with Gasteiger partial charge in [-0.15, -0.1) is 0 Å². The van der Waals surface area contributed by atoms with E-state index in [2.05, 4.69) is 0 Å². The molecule has 0 aliphatic carbocycles. The number of hydrogen-bond acceptors (Lipinski definition) is 4. The van der Waals surface area contributed by atoms with Crippen molar-refractivity contribution >= 4 is 40.3 Å². The molecule has 0 atom stereocenters. The Balaban J connectivity index is 1.73. The van der Waals surface area contributed by atoms with Crippen molar-refractivity contribution in [3.05, 3.63) is 101 Å². The third kappa shape index (κ3) is 4.47. The van der Waals surface area contributed by atoms with E-state index in [-0.39, 0.29) is 5.91 Å². The minimum absolute atomic E-state index is 0.0759. The van der Waals surface area contributed by atoms with Crippen molar-refractivity contribution < 1.29 is 9.53 Å². The summed E-state index contributed by atoms with van der Waals surface area (Å²) in [4.78, 5) is 20.3. The van der Waals surface area contributed by atoms with E-state index in [4.69, 9.17) is 9.73 Å². The monoisotopic (exact) mass is 400 g/mol. The zero-order valence-corrected chi connectivity index (χ0v) is 16.8. The molecule has 0 spiro atoms. The van der Waals surface area contributed by atoms with Crippen LogP contribution in [-0.2, 0) is 16.1 Å². The second-order valence-electron chi connectivity index (χ2n) is 6.49. The molecule has 3 aromatic rings. The number of nitrogens with zero attached hydrogens (tertiary/aromatic N) is 2. The van der Waals surface area contributed by atoms with Crippen LogP contribution in [0.5, 0.6) is 0 Å². The van der Waals surface area contributed by atoms with Crippen molar-refractivity contribution in [1.29, 1.82) is 0 Å². The third-order valence-electron chi connectivity index (χ3n) is 4.36. The lowest BCUT2D eigenvalue weighted by molar-refractivity contribution is -0.113. The zero-order valence-electron chi connectivity index (χ0n) is 16.0. The Morgan fingerprint density at radius 3 is 2.41 bits per heavy atom. The molecule has 1 aliphatic rings. The molecular weight excluding hydrogens is 380 g/mol. The minimum atomic E-state index is -0.0759. The van der Waals surface area contributed by atoms with E-state index in [9.17, 15) is 4.79 Å². The first-order valence-electron chi connectivity index (χ1n) is 9.25. The molecule has 29 heavy (non-hydrogen) atoms. The first-order valence-corrected chi connectivity index (χ1v) is 10.1. The summed E-state index contributed by atoms with van der Waals surface area (Å²) in [6.45, 7) is 0.537. The van der Waals surface area contributed by atoms with E-state index in [1.165, 1.54) is 11.8 Å². The van der Waals surface area contributed by atoms with Crippen LogP contribution in [0.3, 0.4) is 0 Å². The van der Waals surface area contributed by atoms with Crippen molar-refractivity contribution in [2.75, 3.05) is 12.0 Å². The average molecular weight is 401 g/mol. The number of ether oxygens (including phenoxy) is 1. The summed E-state index contributed by atoms with van der Waals surface area (Å²) in [6, 6.07) is 27.3. The van der Waals surface area contributed by atoms with E-state index in [1.807, 2.05) is 91.0 Å². The number of carbonyl (C=O) groups excluding carboxylic acids is 1. The Morgan fingerprint density at radius 1 is 0.966 bits per heavy atom. The average Bonchev–Trinajstić information content (AvgIpc) is 3.04. The van der Waals surface area contributed by atoms with Gasteiger partial charge in [-0.1, -0.05) is 54.6 Å². The molecule has 0 aromatic heterocycles. The standard InChI is InChI=1S/C24H20N2O2S/c1-28-17-19-10-8-9-18(15-19)16-22-23(27)26(21-13-6-3-7-14-21)24(29-22)25-20-11-4-2-5-12-20/h2-16H,17H2,1H3/b22-16-,25-24-. The van der Waals surface area contributed by atoms with Gasteiger partial charge in [0.2, 0.25) is 0 Å². The fraction of sp³-hybridized carbons (Fsp3) is 0.0833. The predicted octanol–water partition coefficient (Wildman–Crippen LogP) is 5.64. The van der Waals surface area contributed by atoms with Gasteiger partial charge in [-0.25, -0.2) is 4.99 Å². The highest BCUT2D eigenvalue weighted by Gasteiger charge is 2.34. The molecule has 144 valence electrons. The van der Waals surface area contributed by atoms with E-state index < -0.39 is 0 Å². The van der Waals surface area contributed by atoms with Crippen molar-refractivity contribution in [3.63, 3.8) is 0 Å². The third-order valence-corrected chi connectivity index (χ3v) is 5.33. The maximum absolute atomic E-state index is 13.3. The Morgan fingerprint density at radius 2 is 1.69 bits per heavy atom. The number of amidine groups is 1. The highest BCUT2D eigenvalue weighted by Crippen LogP contribution is 2.37. The molecule has 4 rings (SSSR count). The summed E-state index contributed by atoms with van der Waals surface area (Å²) in [6.07, 6.45) is 1.91. The smallest absolute Gasteiger partial charge is 0.271 e. The molecule has 5 heteroatoms. The Bertz CT molecular complexity index is 1060.